The lowest BCUT2D eigenvalue weighted by Gasteiger charge is -2.12. The molecule has 2 rings (SSSR count). The molecular formula is C11H15N5. The van der Waals surface area contributed by atoms with Gasteiger partial charge in [-0.25, -0.2) is 9.97 Å². The first kappa shape index (κ1) is 10.5. The number of nitrogens with zero attached hydrogens (tertiary/aromatic N) is 3. The van der Waals surface area contributed by atoms with E-state index < -0.39 is 0 Å². The lowest BCUT2D eigenvalue weighted by Crippen LogP contribution is -2.09. The number of aromatic amines is 1. The summed E-state index contributed by atoms with van der Waals surface area (Å²) >= 11 is 0. The molecule has 0 aliphatic heterocycles. The quantitative estimate of drug-likeness (QED) is 0.814. The van der Waals surface area contributed by atoms with Gasteiger partial charge in [0.1, 0.15) is 5.82 Å². The van der Waals surface area contributed by atoms with Crippen molar-refractivity contribution in [2.24, 2.45) is 0 Å². The molecule has 2 heterocycles. The van der Waals surface area contributed by atoms with Crippen LogP contribution in [0.2, 0.25) is 0 Å². The van der Waals surface area contributed by atoms with Crippen molar-refractivity contribution in [3.8, 4) is 0 Å². The van der Waals surface area contributed by atoms with E-state index in [4.69, 9.17) is 0 Å². The second kappa shape index (κ2) is 4.65. The number of hydrogen-bond donors (Lipinski definition) is 2. The first-order valence-electron chi connectivity index (χ1n) is 5.10. The van der Waals surface area contributed by atoms with Gasteiger partial charge in [0, 0.05) is 20.3 Å². The maximum atomic E-state index is 4.31. The van der Waals surface area contributed by atoms with Crippen molar-refractivity contribution >= 4 is 11.5 Å². The van der Waals surface area contributed by atoms with Crippen molar-refractivity contribution in [3.63, 3.8) is 0 Å². The van der Waals surface area contributed by atoms with E-state index in [1.165, 1.54) is 0 Å². The van der Waals surface area contributed by atoms with Crippen LogP contribution in [0.15, 0.2) is 30.9 Å². The summed E-state index contributed by atoms with van der Waals surface area (Å²) in [5.74, 6) is 0.861. The smallest absolute Gasteiger partial charge is 0.126 e. The van der Waals surface area contributed by atoms with Gasteiger partial charge in [0.2, 0.25) is 0 Å². The lowest BCUT2D eigenvalue weighted by atomic mass is 10.4. The van der Waals surface area contributed by atoms with E-state index in [1.54, 1.807) is 12.5 Å². The Bertz CT molecular complexity index is 418. The van der Waals surface area contributed by atoms with Gasteiger partial charge in [-0.05, 0) is 12.1 Å². The Hall–Kier alpha value is -2.04. The average Bonchev–Trinajstić information content (AvgIpc) is 2.80. The van der Waals surface area contributed by atoms with Crippen LogP contribution in [0, 0.1) is 0 Å². The number of aromatic nitrogens is 3. The summed E-state index contributed by atoms with van der Waals surface area (Å²) in [7, 11) is 3.99. The summed E-state index contributed by atoms with van der Waals surface area (Å²) in [5, 5.41) is 3.21. The lowest BCUT2D eigenvalue weighted by molar-refractivity contribution is 1.05. The van der Waals surface area contributed by atoms with E-state index in [1.807, 2.05) is 37.3 Å². The van der Waals surface area contributed by atoms with Crippen molar-refractivity contribution in [2.75, 3.05) is 24.3 Å². The van der Waals surface area contributed by atoms with Crippen LogP contribution >= 0.6 is 0 Å². The third-order valence-corrected chi connectivity index (χ3v) is 2.28. The Balaban J connectivity index is 1.95. The molecule has 5 nitrogen and oxygen atoms in total. The van der Waals surface area contributed by atoms with E-state index in [-0.39, 0.29) is 0 Å². The maximum absolute atomic E-state index is 4.31. The maximum Gasteiger partial charge on any atom is 0.126 e. The molecule has 2 N–H and O–H groups in total. The zero-order chi connectivity index (χ0) is 11.4. The first-order valence-corrected chi connectivity index (χ1v) is 5.10. The zero-order valence-corrected chi connectivity index (χ0v) is 9.44. The van der Waals surface area contributed by atoms with E-state index >= 15 is 0 Å². The molecule has 0 fully saturated rings. The molecule has 0 aliphatic carbocycles. The van der Waals surface area contributed by atoms with Crippen LogP contribution in [0.5, 0.6) is 0 Å². The van der Waals surface area contributed by atoms with Gasteiger partial charge >= 0.3 is 0 Å². The highest BCUT2D eigenvalue weighted by Crippen LogP contribution is 2.12. The molecular weight excluding hydrogens is 202 g/mol. The highest BCUT2D eigenvalue weighted by atomic mass is 15.1. The number of hydrogen-bond acceptors (Lipinski definition) is 4. The predicted molar refractivity (Wildman–Crippen MR) is 64.5 cm³/mol. The Kier molecular flexibility index (Phi) is 3.05. The van der Waals surface area contributed by atoms with Crippen molar-refractivity contribution in [1.82, 2.24) is 15.0 Å². The summed E-state index contributed by atoms with van der Waals surface area (Å²) in [4.78, 5) is 13.3. The monoisotopic (exact) mass is 217 g/mol. The van der Waals surface area contributed by atoms with E-state index in [2.05, 4.69) is 20.3 Å². The Morgan fingerprint density at radius 3 is 2.75 bits per heavy atom. The van der Waals surface area contributed by atoms with Gasteiger partial charge in [-0.3, -0.25) is 0 Å². The van der Waals surface area contributed by atoms with Crippen molar-refractivity contribution < 1.29 is 0 Å². The largest absolute Gasteiger partial charge is 0.376 e. The molecule has 0 unspecified atom stereocenters. The molecule has 0 aliphatic rings. The fourth-order valence-electron chi connectivity index (χ4n) is 1.32. The van der Waals surface area contributed by atoms with Gasteiger partial charge in [-0.15, -0.1) is 0 Å². The second-order valence-electron chi connectivity index (χ2n) is 3.73. The first-order chi connectivity index (χ1) is 7.75. The van der Waals surface area contributed by atoms with Crippen LogP contribution in [-0.4, -0.2) is 29.0 Å². The molecule has 0 saturated heterocycles. The number of H-pyrrole nitrogens is 1. The molecule has 2 aromatic rings. The summed E-state index contributed by atoms with van der Waals surface area (Å²) in [6.07, 6.45) is 5.30. The molecule has 0 spiro atoms. The molecule has 0 radical (unpaired) electrons. The normalized spacial score (nSPS) is 10.1. The molecule has 84 valence electrons. The molecule has 0 amide bonds. The summed E-state index contributed by atoms with van der Waals surface area (Å²) < 4.78 is 0. The highest BCUT2D eigenvalue weighted by molar-refractivity contribution is 5.48. The van der Waals surface area contributed by atoms with E-state index in [0.29, 0.717) is 6.54 Å². The molecule has 2 aromatic heterocycles. The van der Waals surface area contributed by atoms with Gasteiger partial charge in [0.25, 0.3) is 0 Å². The van der Waals surface area contributed by atoms with Crippen molar-refractivity contribution in [1.29, 1.82) is 0 Å². The fourth-order valence-corrected chi connectivity index (χ4v) is 1.32. The number of pyridine rings is 1. The molecule has 0 aromatic carbocycles. The summed E-state index contributed by atoms with van der Waals surface area (Å²) in [6.45, 7) is 0.703. The SMILES string of the molecule is CN(C)c1ccc(NCc2cnc[nH]2)nc1. The Labute approximate surface area is 94.5 Å². The Morgan fingerprint density at radius 2 is 2.19 bits per heavy atom. The standard InChI is InChI=1S/C11H15N5/c1-16(2)10-3-4-11(14-7-10)13-6-9-5-12-8-15-9/h3-5,7-8H,6H2,1-2H3,(H,12,15)(H,13,14). The van der Waals surface area contributed by atoms with E-state index in [9.17, 15) is 0 Å². The molecule has 16 heavy (non-hydrogen) atoms. The van der Waals surface area contributed by atoms with Crippen molar-refractivity contribution in [3.05, 3.63) is 36.5 Å². The number of nitrogens with one attached hydrogen (secondary N) is 2. The summed E-state index contributed by atoms with van der Waals surface area (Å²) in [5.41, 5.74) is 2.13. The minimum Gasteiger partial charge on any atom is -0.376 e. The number of imidazole rings is 1. The highest BCUT2D eigenvalue weighted by Gasteiger charge is 1.98. The van der Waals surface area contributed by atoms with Gasteiger partial charge in [-0.1, -0.05) is 0 Å². The minimum atomic E-state index is 0.703. The summed E-state index contributed by atoms with van der Waals surface area (Å²) in [6, 6.07) is 3.99. The van der Waals surface area contributed by atoms with Crippen LogP contribution in [0.1, 0.15) is 5.69 Å². The van der Waals surface area contributed by atoms with Crippen LogP contribution in [0.4, 0.5) is 11.5 Å². The topological polar surface area (TPSA) is 56.8 Å². The average molecular weight is 217 g/mol. The van der Waals surface area contributed by atoms with Gasteiger partial charge < -0.3 is 15.2 Å². The van der Waals surface area contributed by atoms with Gasteiger partial charge in [-0.2, -0.15) is 0 Å². The number of rotatable bonds is 4. The van der Waals surface area contributed by atoms with Crippen LogP contribution < -0.4 is 10.2 Å². The van der Waals surface area contributed by atoms with Crippen molar-refractivity contribution in [2.45, 2.75) is 6.54 Å². The molecule has 0 saturated carbocycles. The zero-order valence-electron chi connectivity index (χ0n) is 9.44. The molecule has 0 atom stereocenters. The third-order valence-electron chi connectivity index (χ3n) is 2.28. The van der Waals surface area contributed by atoms with Crippen LogP contribution in [0.3, 0.4) is 0 Å². The van der Waals surface area contributed by atoms with Gasteiger partial charge in [0.15, 0.2) is 0 Å². The minimum absolute atomic E-state index is 0.703. The van der Waals surface area contributed by atoms with Gasteiger partial charge in [0.05, 0.1) is 30.5 Å². The number of anilines is 2. The third kappa shape index (κ3) is 2.50. The van der Waals surface area contributed by atoms with Crippen LogP contribution in [-0.2, 0) is 6.54 Å². The predicted octanol–water partition coefficient (Wildman–Crippen LogP) is 1.48. The molecule has 5 heteroatoms. The van der Waals surface area contributed by atoms with Crippen LogP contribution in [0.25, 0.3) is 0 Å². The Morgan fingerprint density at radius 1 is 1.31 bits per heavy atom. The second-order valence-corrected chi connectivity index (χ2v) is 3.73. The molecule has 0 bridgehead atoms. The fraction of sp³-hybridized carbons (Fsp3) is 0.273. The van der Waals surface area contributed by atoms with E-state index in [0.717, 1.165) is 17.2 Å².